The highest BCUT2D eigenvalue weighted by atomic mass is 32.1. The zero-order valence-corrected chi connectivity index (χ0v) is 21.4. The highest BCUT2D eigenvalue weighted by Gasteiger charge is 2.58. The van der Waals surface area contributed by atoms with Gasteiger partial charge in [-0.05, 0) is 98.8 Å². The molecule has 1 amide bonds. The van der Waals surface area contributed by atoms with Crippen LogP contribution in [-0.2, 0) is 24.3 Å². The number of carbonyl (C=O) groups is 1. The number of hydrogen-bond acceptors (Lipinski definition) is 5. The molecule has 0 unspecified atom stereocenters. The van der Waals surface area contributed by atoms with Crippen LogP contribution in [0.15, 0.2) is 35.7 Å². The number of rotatable bonds is 9. The number of para-hydroxylation sites is 1. The lowest BCUT2D eigenvalue weighted by Gasteiger charge is -2.32. The summed E-state index contributed by atoms with van der Waals surface area (Å²) in [5.74, 6) is 1.37. The van der Waals surface area contributed by atoms with E-state index >= 15 is 0 Å². The maximum absolute atomic E-state index is 12.8. The number of hydrogen-bond donors (Lipinski definition) is 1. The lowest BCUT2D eigenvalue weighted by Crippen LogP contribution is -2.37. The fraction of sp³-hybridized carbons (Fsp3) is 0.607. The number of methoxy groups -OCH3 is 1. The first-order valence-corrected chi connectivity index (χ1v) is 13.9. The molecule has 5 rings (SSSR count). The first-order chi connectivity index (χ1) is 16.6. The molecule has 3 aliphatic rings. The summed E-state index contributed by atoms with van der Waals surface area (Å²) in [5, 5.41) is 5.56. The number of likely N-dealkylation sites (tertiary alicyclic amines) is 2. The van der Waals surface area contributed by atoms with E-state index in [1.54, 1.807) is 7.11 Å². The van der Waals surface area contributed by atoms with Crippen molar-refractivity contribution in [3.63, 3.8) is 0 Å². The number of benzene rings is 1. The summed E-state index contributed by atoms with van der Waals surface area (Å²) >= 11 is 1.92. The molecule has 184 valence electrons. The van der Waals surface area contributed by atoms with Crippen molar-refractivity contribution in [3.05, 3.63) is 51.7 Å². The Morgan fingerprint density at radius 2 is 1.85 bits per heavy atom. The second-order valence-electron chi connectivity index (χ2n) is 10.5. The molecule has 1 aromatic heterocycles. The van der Waals surface area contributed by atoms with Gasteiger partial charge in [-0.3, -0.25) is 14.6 Å². The molecular formula is C28H39N3O2S. The summed E-state index contributed by atoms with van der Waals surface area (Å²) in [5.41, 5.74) is 2.90. The number of carbonyl (C=O) groups excluding carboxylic acids is 1. The summed E-state index contributed by atoms with van der Waals surface area (Å²) in [7, 11) is 1.70. The third-order valence-electron chi connectivity index (χ3n) is 8.19. The van der Waals surface area contributed by atoms with Gasteiger partial charge in [-0.1, -0.05) is 24.6 Å². The van der Waals surface area contributed by atoms with Gasteiger partial charge in [-0.15, -0.1) is 11.3 Å². The van der Waals surface area contributed by atoms with Crippen LogP contribution in [0.2, 0.25) is 0 Å². The van der Waals surface area contributed by atoms with Gasteiger partial charge >= 0.3 is 0 Å². The molecule has 1 spiro atoms. The maximum atomic E-state index is 12.8. The van der Waals surface area contributed by atoms with Gasteiger partial charge < -0.3 is 10.1 Å². The van der Waals surface area contributed by atoms with E-state index in [4.69, 9.17) is 4.74 Å². The van der Waals surface area contributed by atoms with Crippen molar-refractivity contribution in [2.45, 2.75) is 58.0 Å². The third-order valence-corrected chi connectivity index (χ3v) is 9.16. The minimum absolute atomic E-state index is 0.213. The summed E-state index contributed by atoms with van der Waals surface area (Å²) < 4.78 is 5.42. The van der Waals surface area contributed by atoms with Gasteiger partial charge in [0, 0.05) is 30.4 Å². The SMILES string of the molecule is COc1ccccc1CCNC(=O)[C@@H]1CC12CCN(Cc1cc(CN3CCCCC3)cs1)CC2. The van der Waals surface area contributed by atoms with E-state index in [9.17, 15) is 4.79 Å². The van der Waals surface area contributed by atoms with Crippen molar-refractivity contribution >= 4 is 17.2 Å². The van der Waals surface area contributed by atoms with Gasteiger partial charge in [0.15, 0.2) is 0 Å². The smallest absolute Gasteiger partial charge is 0.223 e. The van der Waals surface area contributed by atoms with Crippen molar-refractivity contribution in [2.75, 3.05) is 39.8 Å². The molecule has 2 aliphatic heterocycles. The fourth-order valence-electron chi connectivity index (χ4n) is 5.97. The maximum Gasteiger partial charge on any atom is 0.223 e. The number of piperidine rings is 2. The molecule has 1 aliphatic carbocycles. The Balaban J connectivity index is 1.03. The fourth-order valence-corrected chi connectivity index (χ4v) is 6.89. The molecule has 2 aromatic rings. The first-order valence-electron chi connectivity index (χ1n) is 13.1. The van der Waals surface area contributed by atoms with Crippen LogP contribution in [0.5, 0.6) is 5.75 Å². The van der Waals surface area contributed by atoms with Crippen molar-refractivity contribution < 1.29 is 9.53 Å². The van der Waals surface area contributed by atoms with Gasteiger partial charge in [0.25, 0.3) is 0 Å². The van der Waals surface area contributed by atoms with Crippen molar-refractivity contribution in [1.82, 2.24) is 15.1 Å². The summed E-state index contributed by atoms with van der Waals surface area (Å²) in [6.07, 6.45) is 8.30. The van der Waals surface area contributed by atoms with Crippen molar-refractivity contribution in [3.8, 4) is 5.75 Å². The number of nitrogens with zero attached hydrogens (tertiary/aromatic N) is 2. The lowest BCUT2D eigenvalue weighted by molar-refractivity contribution is -0.123. The zero-order chi connectivity index (χ0) is 23.4. The molecule has 0 radical (unpaired) electrons. The molecule has 3 heterocycles. The minimum atomic E-state index is 0.213. The van der Waals surface area contributed by atoms with E-state index < -0.39 is 0 Å². The van der Waals surface area contributed by atoms with Crippen LogP contribution in [0.1, 0.15) is 54.5 Å². The van der Waals surface area contributed by atoms with E-state index in [-0.39, 0.29) is 17.2 Å². The third kappa shape index (κ3) is 5.67. The van der Waals surface area contributed by atoms with Gasteiger partial charge in [0.05, 0.1) is 7.11 Å². The molecule has 5 nitrogen and oxygen atoms in total. The molecule has 1 saturated carbocycles. The van der Waals surface area contributed by atoms with Crippen LogP contribution in [0.3, 0.4) is 0 Å². The molecule has 2 saturated heterocycles. The molecule has 1 N–H and O–H groups in total. The Morgan fingerprint density at radius 3 is 2.65 bits per heavy atom. The average molecular weight is 482 g/mol. The number of amides is 1. The van der Waals surface area contributed by atoms with Crippen LogP contribution >= 0.6 is 11.3 Å². The van der Waals surface area contributed by atoms with Gasteiger partial charge in [-0.25, -0.2) is 0 Å². The molecular weight excluding hydrogens is 442 g/mol. The summed E-state index contributed by atoms with van der Waals surface area (Å²) in [6.45, 7) is 7.61. The molecule has 6 heteroatoms. The first kappa shape index (κ1) is 23.8. The molecule has 1 aromatic carbocycles. The van der Waals surface area contributed by atoms with E-state index in [1.807, 2.05) is 29.5 Å². The lowest BCUT2D eigenvalue weighted by atomic mass is 9.90. The van der Waals surface area contributed by atoms with E-state index in [2.05, 4.69) is 32.6 Å². The van der Waals surface area contributed by atoms with Crippen molar-refractivity contribution in [1.29, 1.82) is 0 Å². The second kappa shape index (κ2) is 10.8. The Hall–Kier alpha value is -1.89. The minimum Gasteiger partial charge on any atom is -0.496 e. The Kier molecular flexibility index (Phi) is 7.57. The predicted molar refractivity (Wildman–Crippen MR) is 138 cm³/mol. The molecule has 34 heavy (non-hydrogen) atoms. The largest absolute Gasteiger partial charge is 0.496 e. The Morgan fingerprint density at radius 1 is 1.09 bits per heavy atom. The zero-order valence-electron chi connectivity index (χ0n) is 20.6. The van der Waals surface area contributed by atoms with E-state index in [0.717, 1.165) is 63.2 Å². The number of ether oxygens (including phenoxy) is 1. The van der Waals surface area contributed by atoms with E-state index in [0.29, 0.717) is 6.54 Å². The Labute approximate surface area is 208 Å². The molecule has 0 bridgehead atoms. The van der Waals surface area contributed by atoms with Crippen LogP contribution < -0.4 is 10.1 Å². The van der Waals surface area contributed by atoms with Gasteiger partial charge in [0.2, 0.25) is 5.91 Å². The molecule has 3 fully saturated rings. The van der Waals surface area contributed by atoms with E-state index in [1.165, 1.54) is 42.8 Å². The van der Waals surface area contributed by atoms with Crippen molar-refractivity contribution in [2.24, 2.45) is 11.3 Å². The van der Waals surface area contributed by atoms with Crippen LogP contribution in [0.4, 0.5) is 0 Å². The highest BCUT2D eigenvalue weighted by Crippen LogP contribution is 2.59. The Bertz CT molecular complexity index is 960. The number of thiophene rings is 1. The van der Waals surface area contributed by atoms with Crippen LogP contribution in [0.25, 0.3) is 0 Å². The van der Waals surface area contributed by atoms with Crippen LogP contribution in [0, 0.1) is 11.3 Å². The summed E-state index contributed by atoms with van der Waals surface area (Å²) in [4.78, 5) is 19.5. The monoisotopic (exact) mass is 481 g/mol. The topological polar surface area (TPSA) is 44.8 Å². The molecule has 1 atom stereocenters. The second-order valence-corrected chi connectivity index (χ2v) is 11.5. The van der Waals surface area contributed by atoms with Crippen LogP contribution in [-0.4, -0.2) is 55.5 Å². The van der Waals surface area contributed by atoms with Gasteiger partial charge in [-0.2, -0.15) is 0 Å². The predicted octanol–water partition coefficient (Wildman–Crippen LogP) is 4.70. The quantitative estimate of drug-likeness (QED) is 0.564. The highest BCUT2D eigenvalue weighted by molar-refractivity contribution is 7.10. The summed E-state index contributed by atoms with van der Waals surface area (Å²) in [6, 6.07) is 10.5. The normalized spacial score (nSPS) is 22.6. The standard InChI is InChI=1S/C28H39N3O2S/c1-33-26-8-4-3-7-23(26)9-12-29-27(32)25-18-28(25)10-15-31(16-11-28)20-24-17-22(21-34-24)19-30-13-5-2-6-14-30/h3-4,7-8,17,21,25H,2,5-6,9-16,18-20H2,1H3,(H,29,32)/t25-/m0/s1. The van der Waals surface area contributed by atoms with Gasteiger partial charge in [0.1, 0.15) is 5.75 Å². The number of nitrogens with one attached hydrogen (secondary N) is 1. The average Bonchev–Trinajstić information content (AvgIpc) is 3.40.